The first-order valence-electron chi connectivity index (χ1n) is 11.3. The number of fused-ring (bicyclic) bond motifs is 1. The van der Waals surface area contributed by atoms with E-state index in [0.29, 0.717) is 6.61 Å². The lowest BCUT2D eigenvalue weighted by Gasteiger charge is -2.25. The van der Waals surface area contributed by atoms with Gasteiger partial charge in [-0.15, -0.1) is 0 Å². The van der Waals surface area contributed by atoms with Gasteiger partial charge in [-0.3, -0.25) is 4.79 Å². The monoisotopic (exact) mass is 433 g/mol. The van der Waals surface area contributed by atoms with Crippen molar-refractivity contribution < 1.29 is 18.7 Å². The number of furan rings is 1. The fourth-order valence-electron chi connectivity index (χ4n) is 4.40. The summed E-state index contributed by atoms with van der Waals surface area (Å²) in [7, 11) is 1.66. The largest absolute Gasteiger partial charge is 0.497 e. The molecular formula is C27H31NO4. The summed E-state index contributed by atoms with van der Waals surface area (Å²) in [5, 5.41) is 1.00. The summed E-state index contributed by atoms with van der Waals surface area (Å²) in [5.41, 5.74) is 5.63. The van der Waals surface area contributed by atoms with Crippen molar-refractivity contribution >= 4 is 22.4 Å². The zero-order valence-electron chi connectivity index (χ0n) is 19.4. The summed E-state index contributed by atoms with van der Waals surface area (Å²) in [6.45, 7) is 8.18. The van der Waals surface area contributed by atoms with E-state index in [9.17, 15) is 4.79 Å². The van der Waals surface area contributed by atoms with Crippen LogP contribution >= 0.6 is 0 Å². The van der Waals surface area contributed by atoms with Gasteiger partial charge in [0.2, 0.25) is 5.91 Å². The van der Waals surface area contributed by atoms with Crippen LogP contribution < -0.4 is 9.47 Å². The van der Waals surface area contributed by atoms with E-state index < -0.39 is 0 Å². The third-order valence-corrected chi connectivity index (χ3v) is 6.17. The standard InChI is InChI=1S/C27H31NO4/c1-5-31-26-19(3)27-23(24(17-32-27)20-9-11-21(30-4)12-10-20)16-22(26)18(2)15-25(29)28-13-7-6-8-14-28/h9-12,15-17H,5-8,13-14H2,1-4H3/b18-15+. The Balaban J connectivity index is 1.80. The minimum atomic E-state index is 0.0740. The number of carbonyl (C=O) groups is 1. The maximum absolute atomic E-state index is 12.9. The highest BCUT2D eigenvalue weighted by Gasteiger charge is 2.20. The van der Waals surface area contributed by atoms with Crippen molar-refractivity contribution in [3.63, 3.8) is 0 Å². The molecule has 0 unspecified atom stereocenters. The molecule has 2 aromatic carbocycles. The molecule has 32 heavy (non-hydrogen) atoms. The van der Waals surface area contributed by atoms with Crippen LogP contribution in [0.1, 0.15) is 44.2 Å². The maximum atomic E-state index is 12.9. The molecule has 0 aliphatic carbocycles. The number of piperidine rings is 1. The highest BCUT2D eigenvalue weighted by Crippen LogP contribution is 2.41. The first-order valence-corrected chi connectivity index (χ1v) is 11.3. The van der Waals surface area contributed by atoms with E-state index in [2.05, 4.69) is 6.07 Å². The van der Waals surface area contributed by atoms with E-state index in [1.165, 1.54) is 6.42 Å². The predicted octanol–water partition coefficient (Wildman–Crippen LogP) is 6.23. The number of aryl methyl sites for hydroxylation is 1. The zero-order valence-corrected chi connectivity index (χ0v) is 19.4. The van der Waals surface area contributed by atoms with Crippen LogP contribution in [0.3, 0.4) is 0 Å². The van der Waals surface area contributed by atoms with E-state index in [4.69, 9.17) is 13.9 Å². The molecule has 1 fully saturated rings. The van der Waals surface area contributed by atoms with Crippen LogP contribution in [-0.2, 0) is 4.79 Å². The van der Waals surface area contributed by atoms with Gasteiger partial charge in [-0.25, -0.2) is 0 Å². The van der Waals surface area contributed by atoms with Gasteiger partial charge in [-0.1, -0.05) is 12.1 Å². The second kappa shape index (κ2) is 9.51. The first-order chi connectivity index (χ1) is 15.5. The summed E-state index contributed by atoms with van der Waals surface area (Å²) < 4.78 is 17.3. The molecule has 0 N–H and O–H groups in total. The van der Waals surface area contributed by atoms with Crippen molar-refractivity contribution in [2.75, 3.05) is 26.8 Å². The number of hydrogen-bond acceptors (Lipinski definition) is 4. The Morgan fingerprint density at radius 3 is 2.53 bits per heavy atom. The summed E-state index contributed by atoms with van der Waals surface area (Å²) in [4.78, 5) is 14.8. The minimum Gasteiger partial charge on any atom is -0.497 e. The van der Waals surface area contributed by atoms with Crippen LogP contribution in [0.2, 0.25) is 0 Å². The van der Waals surface area contributed by atoms with Crippen molar-refractivity contribution in [1.29, 1.82) is 0 Å². The molecule has 5 heteroatoms. The highest BCUT2D eigenvalue weighted by molar-refractivity contribution is 6.01. The third-order valence-electron chi connectivity index (χ3n) is 6.17. The molecular weight excluding hydrogens is 402 g/mol. The Hall–Kier alpha value is -3.21. The third kappa shape index (κ3) is 4.24. The number of amides is 1. The molecule has 0 bridgehead atoms. The molecule has 1 saturated heterocycles. The zero-order chi connectivity index (χ0) is 22.7. The minimum absolute atomic E-state index is 0.0740. The van der Waals surface area contributed by atoms with Crippen LogP contribution in [-0.4, -0.2) is 37.6 Å². The van der Waals surface area contributed by atoms with E-state index in [1.54, 1.807) is 19.4 Å². The number of carbonyl (C=O) groups excluding carboxylic acids is 1. The fraction of sp³-hybridized carbons (Fsp3) is 0.370. The Morgan fingerprint density at radius 1 is 1.16 bits per heavy atom. The lowest BCUT2D eigenvalue weighted by atomic mass is 9.96. The molecule has 1 amide bonds. The van der Waals surface area contributed by atoms with Gasteiger partial charge in [0.15, 0.2) is 0 Å². The van der Waals surface area contributed by atoms with Crippen molar-refractivity contribution in [3.8, 4) is 22.6 Å². The average Bonchev–Trinajstić information content (AvgIpc) is 3.25. The molecule has 2 heterocycles. The number of hydrogen-bond donors (Lipinski definition) is 0. The molecule has 0 atom stereocenters. The van der Waals surface area contributed by atoms with Gasteiger partial charge >= 0.3 is 0 Å². The molecule has 1 aliphatic heterocycles. The number of likely N-dealkylation sites (tertiary alicyclic amines) is 1. The normalized spacial score (nSPS) is 14.6. The van der Waals surface area contributed by atoms with Gasteiger partial charge in [0, 0.05) is 41.2 Å². The van der Waals surface area contributed by atoms with Crippen molar-refractivity contribution in [1.82, 2.24) is 4.90 Å². The quantitative estimate of drug-likeness (QED) is 0.432. The molecule has 4 rings (SSSR count). The van der Waals surface area contributed by atoms with Crippen LogP contribution in [0, 0.1) is 6.92 Å². The molecule has 1 aromatic heterocycles. The van der Waals surface area contributed by atoms with E-state index in [0.717, 1.165) is 76.2 Å². The number of nitrogens with zero attached hydrogens (tertiary/aromatic N) is 1. The molecule has 0 saturated carbocycles. The van der Waals surface area contributed by atoms with Gasteiger partial charge in [0.25, 0.3) is 0 Å². The number of allylic oxidation sites excluding steroid dienone is 1. The molecule has 0 radical (unpaired) electrons. The lowest BCUT2D eigenvalue weighted by Crippen LogP contribution is -2.34. The summed E-state index contributed by atoms with van der Waals surface area (Å²) >= 11 is 0. The first kappa shape index (κ1) is 22.0. The summed E-state index contributed by atoms with van der Waals surface area (Å²) in [5.74, 6) is 1.66. The van der Waals surface area contributed by atoms with Crippen LogP contribution in [0.15, 0.2) is 47.1 Å². The lowest BCUT2D eigenvalue weighted by molar-refractivity contribution is -0.126. The Bertz CT molecular complexity index is 1130. The van der Waals surface area contributed by atoms with Crippen LogP contribution in [0.4, 0.5) is 0 Å². The molecule has 0 spiro atoms. The molecule has 5 nitrogen and oxygen atoms in total. The van der Waals surface area contributed by atoms with Gasteiger partial charge in [-0.2, -0.15) is 0 Å². The Morgan fingerprint density at radius 2 is 1.88 bits per heavy atom. The second-order valence-electron chi connectivity index (χ2n) is 8.28. The van der Waals surface area contributed by atoms with Gasteiger partial charge in [0.1, 0.15) is 17.1 Å². The van der Waals surface area contributed by atoms with E-state index in [-0.39, 0.29) is 5.91 Å². The van der Waals surface area contributed by atoms with Gasteiger partial charge < -0.3 is 18.8 Å². The number of benzene rings is 2. The number of rotatable bonds is 6. The summed E-state index contributed by atoms with van der Waals surface area (Å²) in [6, 6.07) is 10.0. The molecule has 168 valence electrons. The highest BCUT2D eigenvalue weighted by atomic mass is 16.5. The van der Waals surface area contributed by atoms with Crippen LogP contribution in [0.5, 0.6) is 11.5 Å². The smallest absolute Gasteiger partial charge is 0.246 e. The van der Waals surface area contributed by atoms with Crippen molar-refractivity contribution in [3.05, 3.63) is 53.8 Å². The fourth-order valence-corrected chi connectivity index (χ4v) is 4.40. The van der Waals surface area contributed by atoms with Gasteiger partial charge in [-0.05, 0) is 69.4 Å². The average molecular weight is 434 g/mol. The predicted molar refractivity (Wildman–Crippen MR) is 128 cm³/mol. The van der Waals surface area contributed by atoms with E-state index >= 15 is 0 Å². The van der Waals surface area contributed by atoms with Gasteiger partial charge in [0.05, 0.1) is 20.0 Å². The van der Waals surface area contributed by atoms with Crippen LogP contribution in [0.25, 0.3) is 27.7 Å². The number of methoxy groups -OCH3 is 1. The Labute approximate surface area is 189 Å². The number of ether oxygens (including phenoxy) is 2. The maximum Gasteiger partial charge on any atom is 0.246 e. The van der Waals surface area contributed by atoms with E-state index in [1.807, 2.05) is 49.9 Å². The Kier molecular flexibility index (Phi) is 6.54. The summed E-state index contributed by atoms with van der Waals surface area (Å²) in [6.07, 6.45) is 6.90. The molecule has 3 aromatic rings. The molecule has 1 aliphatic rings. The topological polar surface area (TPSA) is 51.9 Å². The second-order valence-corrected chi connectivity index (χ2v) is 8.28. The SMILES string of the molecule is CCOc1c(/C(C)=C/C(=O)N2CCCCC2)cc2c(-c3ccc(OC)cc3)coc2c1C. The van der Waals surface area contributed by atoms with Crippen molar-refractivity contribution in [2.45, 2.75) is 40.0 Å². The van der Waals surface area contributed by atoms with Crippen molar-refractivity contribution in [2.24, 2.45) is 0 Å².